The summed E-state index contributed by atoms with van der Waals surface area (Å²) in [6.07, 6.45) is 5.41. The molecule has 1 fully saturated rings. The van der Waals surface area contributed by atoms with Crippen molar-refractivity contribution in [1.82, 2.24) is 4.90 Å². The molecule has 0 bridgehead atoms. The van der Waals surface area contributed by atoms with Crippen LogP contribution < -0.4 is 0 Å². The Kier molecular flexibility index (Phi) is 3.97. The van der Waals surface area contributed by atoms with E-state index in [2.05, 4.69) is 20.8 Å². The van der Waals surface area contributed by atoms with E-state index < -0.39 is 0 Å². The number of likely N-dealkylation sites (tertiary alicyclic amines) is 1. The van der Waals surface area contributed by atoms with Crippen molar-refractivity contribution in [3.63, 3.8) is 0 Å². The number of rotatable bonds is 3. The Hall–Kier alpha value is -0.530. The normalized spacial score (nSPS) is 18.8. The summed E-state index contributed by atoms with van der Waals surface area (Å²) in [5.41, 5.74) is 0.402. The average Bonchev–Trinajstić information content (AvgIpc) is 2.06. The molecule has 0 aromatic heterocycles. The van der Waals surface area contributed by atoms with E-state index in [4.69, 9.17) is 0 Å². The number of carbonyl (C=O) groups excluding carboxylic acids is 1. The topological polar surface area (TPSA) is 20.3 Å². The van der Waals surface area contributed by atoms with E-state index in [1.54, 1.807) is 0 Å². The first kappa shape index (κ1) is 11.5. The Morgan fingerprint density at radius 2 is 2.00 bits per heavy atom. The van der Waals surface area contributed by atoms with Gasteiger partial charge < -0.3 is 4.90 Å². The molecule has 0 aromatic rings. The van der Waals surface area contributed by atoms with Crippen molar-refractivity contribution in [2.75, 3.05) is 13.1 Å². The lowest BCUT2D eigenvalue weighted by molar-refractivity contribution is -0.133. The molecule has 0 radical (unpaired) electrons. The third-order valence-electron chi connectivity index (χ3n) is 2.78. The van der Waals surface area contributed by atoms with Crippen molar-refractivity contribution in [3.8, 4) is 0 Å². The monoisotopic (exact) mass is 197 g/mol. The number of hydrogen-bond donors (Lipinski definition) is 0. The summed E-state index contributed by atoms with van der Waals surface area (Å²) in [5.74, 6) is 0.366. The van der Waals surface area contributed by atoms with Crippen molar-refractivity contribution in [2.24, 2.45) is 5.41 Å². The van der Waals surface area contributed by atoms with Gasteiger partial charge in [0.1, 0.15) is 0 Å². The number of carbonyl (C=O) groups is 1. The summed E-state index contributed by atoms with van der Waals surface area (Å²) < 4.78 is 0. The van der Waals surface area contributed by atoms with Crippen molar-refractivity contribution >= 4 is 5.91 Å². The van der Waals surface area contributed by atoms with E-state index in [0.717, 1.165) is 32.4 Å². The lowest BCUT2D eigenvalue weighted by Gasteiger charge is -2.28. The molecule has 0 spiro atoms. The molecule has 0 aromatic carbocycles. The molecule has 0 aliphatic carbocycles. The fourth-order valence-corrected chi connectivity index (χ4v) is 1.90. The van der Waals surface area contributed by atoms with Crippen molar-refractivity contribution in [1.29, 1.82) is 0 Å². The fourth-order valence-electron chi connectivity index (χ4n) is 1.90. The van der Waals surface area contributed by atoms with Crippen LogP contribution in [-0.2, 0) is 4.79 Å². The van der Waals surface area contributed by atoms with Crippen LogP contribution in [-0.4, -0.2) is 23.9 Å². The maximum absolute atomic E-state index is 11.5. The Balaban J connectivity index is 2.20. The molecule has 0 atom stereocenters. The Bertz CT molecular complexity index is 193. The molecule has 0 unspecified atom stereocenters. The quantitative estimate of drug-likeness (QED) is 0.681. The van der Waals surface area contributed by atoms with Crippen LogP contribution in [0.4, 0.5) is 0 Å². The molecule has 14 heavy (non-hydrogen) atoms. The van der Waals surface area contributed by atoms with E-state index in [-0.39, 0.29) is 0 Å². The summed E-state index contributed by atoms with van der Waals surface area (Å²) in [4.78, 5) is 13.5. The van der Waals surface area contributed by atoms with Crippen LogP contribution in [0.5, 0.6) is 0 Å². The minimum absolute atomic E-state index is 0.366. The molecule has 0 N–H and O–H groups in total. The van der Waals surface area contributed by atoms with Crippen LogP contribution >= 0.6 is 0 Å². The summed E-state index contributed by atoms with van der Waals surface area (Å²) in [6.45, 7) is 8.72. The molecule has 1 heterocycles. The van der Waals surface area contributed by atoms with Crippen LogP contribution in [0.15, 0.2) is 0 Å². The third kappa shape index (κ3) is 4.12. The zero-order chi connectivity index (χ0) is 10.6. The third-order valence-corrected chi connectivity index (χ3v) is 2.78. The zero-order valence-electron chi connectivity index (χ0n) is 9.81. The second-order valence-corrected chi connectivity index (χ2v) is 5.50. The minimum Gasteiger partial charge on any atom is -0.343 e. The molecule has 1 amide bonds. The van der Waals surface area contributed by atoms with E-state index in [1.165, 1.54) is 12.8 Å². The van der Waals surface area contributed by atoms with Crippen LogP contribution in [0.25, 0.3) is 0 Å². The highest BCUT2D eigenvalue weighted by Gasteiger charge is 2.18. The second kappa shape index (κ2) is 4.81. The predicted molar refractivity (Wildman–Crippen MR) is 59.1 cm³/mol. The van der Waals surface area contributed by atoms with Gasteiger partial charge in [0, 0.05) is 19.5 Å². The van der Waals surface area contributed by atoms with Gasteiger partial charge in [0.05, 0.1) is 0 Å². The highest BCUT2D eigenvalue weighted by molar-refractivity contribution is 5.76. The molecule has 1 rings (SSSR count). The highest BCUT2D eigenvalue weighted by atomic mass is 16.2. The van der Waals surface area contributed by atoms with Gasteiger partial charge in [-0.2, -0.15) is 0 Å². The molecule has 82 valence electrons. The van der Waals surface area contributed by atoms with Crippen molar-refractivity contribution in [2.45, 2.75) is 52.9 Å². The molecule has 1 aliphatic rings. The largest absolute Gasteiger partial charge is 0.343 e. The SMILES string of the molecule is CC(C)(C)CCCN1CCCCC1=O. The fraction of sp³-hybridized carbons (Fsp3) is 0.917. The van der Waals surface area contributed by atoms with Gasteiger partial charge in [-0.1, -0.05) is 20.8 Å². The molecule has 0 saturated carbocycles. The smallest absolute Gasteiger partial charge is 0.222 e. The molecular weight excluding hydrogens is 174 g/mol. The molecular formula is C12H23NO. The van der Waals surface area contributed by atoms with E-state index >= 15 is 0 Å². The average molecular weight is 197 g/mol. The summed E-state index contributed by atoms with van der Waals surface area (Å²) in [6, 6.07) is 0. The number of amides is 1. The van der Waals surface area contributed by atoms with Crippen LogP contribution in [0.2, 0.25) is 0 Å². The predicted octanol–water partition coefficient (Wildman–Crippen LogP) is 2.83. The first-order valence-corrected chi connectivity index (χ1v) is 5.77. The Morgan fingerprint density at radius 1 is 1.29 bits per heavy atom. The Morgan fingerprint density at radius 3 is 2.57 bits per heavy atom. The molecule has 1 aliphatic heterocycles. The number of nitrogens with zero attached hydrogens (tertiary/aromatic N) is 1. The highest BCUT2D eigenvalue weighted by Crippen LogP contribution is 2.21. The molecule has 2 nitrogen and oxygen atoms in total. The van der Waals surface area contributed by atoms with Crippen LogP contribution in [0.3, 0.4) is 0 Å². The van der Waals surface area contributed by atoms with Gasteiger partial charge in [0.25, 0.3) is 0 Å². The van der Waals surface area contributed by atoms with Crippen LogP contribution in [0, 0.1) is 5.41 Å². The second-order valence-electron chi connectivity index (χ2n) is 5.50. The molecule has 2 heteroatoms. The summed E-state index contributed by atoms with van der Waals surface area (Å²) in [5, 5.41) is 0. The lowest BCUT2D eigenvalue weighted by Crippen LogP contribution is -2.36. The van der Waals surface area contributed by atoms with E-state index in [9.17, 15) is 4.79 Å². The minimum atomic E-state index is 0.366. The van der Waals surface area contributed by atoms with Crippen molar-refractivity contribution in [3.05, 3.63) is 0 Å². The van der Waals surface area contributed by atoms with Gasteiger partial charge in [-0.3, -0.25) is 4.79 Å². The Labute approximate surface area is 87.7 Å². The van der Waals surface area contributed by atoms with Gasteiger partial charge in [-0.25, -0.2) is 0 Å². The van der Waals surface area contributed by atoms with Gasteiger partial charge in [-0.15, -0.1) is 0 Å². The number of hydrogen-bond acceptors (Lipinski definition) is 1. The zero-order valence-corrected chi connectivity index (χ0v) is 9.81. The van der Waals surface area contributed by atoms with Gasteiger partial charge in [-0.05, 0) is 31.1 Å². The van der Waals surface area contributed by atoms with Gasteiger partial charge in [0.15, 0.2) is 0 Å². The maximum Gasteiger partial charge on any atom is 0.222 e. The van der Waals surface area contributed by atoms with Crippen molar-refractivity contribution < 1.29 is 4.79 Å². The first-order valence-electron chi connectivity index (χ1n) is 5.77. The maximum atomic E-state index is 11.5. The summed E-state index contributed by atoms with van der Waals surface area (Å²) >= 11 is 0. The molecule has 1 saturated heterocycles. The van der Waals surface area contributed by atoms with E-state index in [1.807, 2.05) is 4.90 Å². The number of piperidine rings is 1. The van der Waals surface area contributed by atoms with Gasteiger partial charge in [0.2, 0.25) is 5.91 Å². The first-order chi connectivity index (χ1) is 6.49. The summed E-state index contributed by atoms with van der Waals surface area (Å²) in [7, 11) is 0. The van der Waals surface area contributed by atoms with Gasteiger partial charge >= 0.3 is 0 Å². The lowest BCUT2D eigenvalue weighted by atomic mass is 9.90. The standard InChI is InChI=1S/C12H23NO/c1-12(2,3)8-6-10-13-9-5-4-7-11(13)14/h4-10H2,1-3H3. The van der Waals surface area contributed by atoms with E-state index in [0.29, 0.717) is 11.3 Å². The van der Waals surface area contributed by atoms with Crippen LogP contribution in [0.1, 0.15) is 52.9 Å².